The van der Waals surface area contributed by atoms with Gasteiger partial charge >= 0.3 is 12.1 Å². The first-order valence-electron chi connectivity index (χ1n) is 5.38. The quantitative estimate of drug-likeness (QED) is 0.595. The lowest BCUT2D eigenvalue weighted by Gasteiger charge is -2.07. The van der Waals surface area contributed by atoms with Crippen LogP contribution in [0.25, 0.3) is 0 Å². The van der Waals surface area contributed by atoms with Crippen molar-refractivity contribution in [1.29, 1.82) is 0 Å². The molecular weight excluding hydrogens is 313 g/mol. The molecule has 0 aliphatic rings. The molecule has 1 rings (SSSR count). The van der Waals surface area contributed by atoms with Crippen LogP contribution in [0.4, 0.5) is 13.2 Å². The minimum atomic E-state index is -4.14. The molecular formula is C12H12BrF3O2. The molecule has 6 heteroatoms. The van der Waals surface area contributed by atoms with Crippen molar-refractivity contribution in [1.82, 2.24) is 0 Å². The third kappa shape index (κ3) is 6.05. The predicted molar refractivity (Wildman–Crippen MR) is 64.3 cm³/mol. The van der Waals surface area contributed by atoms with Gasteiger partial charge in [-0.25, -0.2) is 4.79 Å². The van der Waals surface area contributed by atoms with E-state index in [1.165, 1.54) is 0 Å². The van der Waals surface area contributed by atoms with Gasteiger partial charge in [-0.1, -0.05) is 15.9 Å². The fourth-order valence-electron chi connectivity index (χ4n) is 1.26. The Labute approximate surface area is 111 Å². The second kappa shape index (κ2) is 6.78. The third-order valence-corrected chi connectivity index (χ3v) is 2.70. The van der Waals surface area contributed by atoms with E-state index in [0.717, 1.165) is 4.47 Å². The van der Waals surface area contributed by atoms with E-state index in [9.17, 15) is 18.0 Å². The number of ether oxygens (including phenoxy) is 1. The molecule has 0 radical (unpaired) electrons. The average molecular weight is 325 g/mol. The maximum atomic E-state index is 11.8. The standard InChI is InChI=1S/C12H12BrF3O2/c13-10-5-3-9(4-6-10)11(17)18-8-2-1-7-12(14,15)16/h3-6H,1-2,7-8H2. The molecule has 0 saturated carbocycles. The Morgan fingerprint density at radius 2 is 1.78 bits per heavy atom. The molecule has 0 atom stereocenters. The first-order valence-corrected chi connectivity index (χ1v) is 6.17. The van der Waals surface area contributed by atoms with Crippen molar-refractivity contribution in [2.24, 2.45) is 0 Å². The minimum Gasteiger partial charge on any atom is -0.462 e. The summed E-state index contributed by atoms with van der Waals surface area (Å²) in [6.07, 6.45) is -4.81. The summed E-state index contributed by atoms with van der Waals surface area (Å²) in [6, 6.07) is 6.56. The molecule has 2 nitrogen and oxygen atoms in total. The van der Waals surface area contributed by atoms with Crippen LogP contribution >= 0.6 is 15.9 Å². The summed E-state index contributed by atoms with van der Waals surface area (Å²) >= 11 is 3.23. The van der Waals surface area contributed by atoms with Crippen LogP contribution in [0.15, 0.2) is 28.7 Å². The molecule has 0 spiro atoms. The molecule has 0 bridgehead atoms. The highest BCUT2D eigenvalue weighted by Crippen LogP contribution is 2.22. The van der Waals surface area contributed by atoms with E-state index in [1.54, 1.807) is 24.3 Å². The average Bonchev–Trinajstić information content (AvgIpc) is 2.27. The van der Waals surface area contributed by atoms with Crippen LogP contribution in [-0.4, -0.2) is 18.8 Å². The molecule has 0 amide bonds. The normalized spacial score (nSPS) is 11.3. The fourth-order valence-corrected chi connectivity index (χ4v) is 1.53. The largest absolute Gasteiger partial charge is 0.462 e. The summed E-state index contributed by atoms with van der Waals surface area (Å²) in [5.74, 6) is -0.519. The number of hydrogen-bond acceptors (Lipinski definition) is 2. The lowest BCUT2D eigenvalue weighted by molar-refractivity contribution is -0.135. The Morgan fingerprint density at radius 1 is 1.17 bits per heavy atom. The van der Waals surface area contributed by atoms with Crippen LogP contribution in [0, 0.1) is 0 Å². The molecule has 1 aromatic carbocycles. The number of unbranched alkanes of at least 4 members (excludes halogenated alkanes) is 1. The zero-order chi connectivity index (χ0) is 13.6. The number of benzene rings is 1. The van der Waals surface area contributed by atoms with Gasteiger partial charge in [0.2, 0.25) is 0 Å². The molecule has 100 valence electrons. The van der Waals surface area contributed by atoms with E-state index >= 15 is 0 Å². The first-order chi connectivity index (χ1) is 8.38. The molecule has 0 heterocycles. The van der Waals surface area contributed by atoms with Gasteiger partial charge in [0.05, 0.1) is 12.2 Å². The van der Waals surface area contributed by atoms with Crippen molar-refractivity contribution in [3.8, 4) is 0 Å². The maximum Gasteiger partial charge on any atom is 0.389 e. The highest BCUT2D eigenvalue weighted by Gasteiger charge is 2.25. The van der Waals surface area contributed by atoms with Crippen LogP contribution in [0.2, 0.25) is 0 Å². The van der Waals surface area contributed by atoms with E-state index in [0.29, 0.717) is 5.56 Å². The van der Waals surface area contributed by atoms with Gasteiger partial charge in [0.25, 0.3) is 0 Å². The van der Waals surface area contributed by atoms with Gasteiger partial charge in [-0.15, -0.1) is 0 Å². The fraction of sp³-hybridized carbons (Fsp3) is 0.417. The maximum absolute atomic E-state index is 11.8. The zero-order valence-corrected chi connectivity index (χ0v) is 11.1. The lowest BCUT2D eigenvalue weighted by Crippen LogP contribution is -2.09. The van der Waals surface area contributed by atoms with Gasteiger partial charge in [0.15, 0.2) is 0 Å². The van der Waals surface area contributed by atoms with Gasteiger partial charge < -0.3 is 4.74 Å². The molecule has 0 unspecified atom stereocenters. The molecule has 0 aliphatic carbocycles. The van der Waals surface area contributed by atoms with Crippen molar-refractivity contribution < 1.29 is 22.7 Å². The number of carbonyl (C=O) groups is 1. The van der Waals surface area contributed by atoms with Crippen molar-refractivity contribution in [3.05, 3.63) is 34.3 Å². The van der Waals surface area contributed by atoms with Crippen molar-refractivity contribution in [2.75, 3.05) is 6.61 Å². The van der Waals surface area contributed by atoms with Gasteiger partial charge in [-0.2, -0.15) is 13.2 Å². The van der Waals surface area contributed by atoms with Crippen molar-refractivity contribution >= 4 is 21.9 Å². The third-order valence-electron chi connectivity index (χ3n) is 2.17. The van der Waals surface area contributed by atoms with E-state index < -0.39 is 18.6 Å². The number of halogens is 4. The Bertz CT molecular complexity index is 387. The summed E-state index contributed by atoms with van der Waals surface area (Å²) < 4.78 is 41.2. The van der Waals surface area contributed by atoms with Gasteiger partial charge in [-0.3, -0.25) is 0 Å². The molecule has 0 aromatic heterocycles. The summed E-state index contributed by atoms with van der Waals surface area (Å²) in [5, 5.41) is 0. The monoisotopic (exact) mass is 324 g/mol. The summed E-state index contributed by atoms with van der Waals surface area (Å²) in [4.78, 5) is 11.5. The van der Waals surface area contributed by atoms with Crippen LogP contribution in [-0.2, 0) is 4.74 Å². The van der Waals surface area contributed by atoms with Crippen LogP contribution < -0.4 is 0 Å². The second-order valence-electron chi connectivity index (χ2n) is 3.72. The van der Waals surface area contributed by atoms with Crippen molar-refractivity contribution in [3.63, 3.8) is 0 Å². The Morgan fingerprint density at radius 3 is 2.33 bits per heavy atom. The van der Waals surface area contributed by atoms with Crippen LogP contribution in [0.1, 0.15) is 29.6 Å². The van der Waals surface area contributed by atoms with Crippen molar-refractivity contribution in [2.45, 2.75) is 25.4 Å². The first kappa shape index (κ1) is 15.0. The molecule has 0 aliphatic heterocycles. The minimum absolute atomic E-state index is 0.00494. The Hall–Kier alpha value is -1.04. The van der Waals surface area contributed by atoms with Gasteiger partial charge in [0.1, 0.15) is 0 Å². The predicted octanol–water partition coefficient (Wildman–Crippen LogP) is 4.34. The molecule has 0 N–H and O–H groups in total. The van der Waals surface area contributed by atoms with E-state index in [4.69, 9.17) is 4.74 Å². The van der Waals surface area contributed by atoms with E-state index in [2.05, 4.69) is 15.9 Å². The van der Waals surface area contributed by atoms with E-state index in [1.807, 2.05) is 0 Å². The topological polar surface area (TPSA) is 26.3 Å². The number of carbonyl (C=O) groups excluding carboxylic acids is 1. The van der Waals surface area contributed by atoms with Gasteiger partial charge in [0, 0.05) is 10.9 Å². The van der Waals surface area contributed by atoms with Gasteiger partial charge in [-0.05, 0) is 37.1 Å². The highest BCUT2D eigenvalue weighted by molar-refractivity contribution is 9.10. The molecule has 0 fully saturated rings. The lowest BCUT2D eigenvalue weighted by atomic mass is 10.2. The second-order valence-corrected chi connectivity index (χ2v) is 4.63. The van der Waals surface area contributed by atoms with Crippen LogP contribution in [0.3, 0.4) is 0 Å². The Kier molecular flexibility index (Phi) is 5.65. The molecule has 1 aromatic rings. The zero-order valence-electron chi connectivity index (χ0n) is 9.47. The highest BCUT2D eigenvalue weighted by atomic mass is 79.9. The molecule has 18 heavy (non-hydrogen) atoms. The number of alkyl halides is 3. The Balaban J connectivity index is 2.24. The summed E-state index contributed by atoms with van der Waals surface area (Å²) in [6.45, 7) is 0.00494. The SMILES string of the molecule is O=C(OCCCCC(F)(F)F)c1ccc(Br)cc1. The van der Waals surface area contributed by atoms with Crippen LogP contribution in [0.5, 0.6) is 0 Å². The number of rotatable bonds is 5. The number of esters is 1. The smallest absolute Gasteiger partial charge is 0.389 e. The van der Waals surface area contributed by atoms with E-state index in [-0.39, 0.29) is 19.4 Å². The summed E-state index contributed by atoms with van der Waals surface area (Å²) in [5.41, 5.74) is 0.383. The molecule has 0 saturated heterocycles. The summed E-state index contributed by atoms with van der Waals surface area (Å²) in [7, 11) is 0. The number of hydrogen-bond donors (Lipinski definition) is 0.